The van der Waals surface area contributed by atoms with Gasteiger partial charge in [-0.25, -0.2) is 8.78 Å². The van der Waals surface area contributed by atoms with Crippen molar-refractivity contribution in [1.82, 2.24) is 0 Å². The quantitative estimate of drug-likeness (QED) is 0.653. The molecule has 0 radical (unpaired) electrons. The molecule has 0 aromatic heterocycles. The summed E-state index contributed by atoms with van der Waals surface area (Å²) in [4.78, 5) is 0. The predicted molar refractivity (Wildman–Crippen MR) is 44.8 cm³/mol. The predicted octanol–water partition coefficient (Wildman–Crippen LogP) is 1.82. The van der Waals surface area contributed by atoms with Crippen molar-refractivity contribution in [1.29, 1.82) is 0 Å². The van der Waals surface area contributed by atoms with E-state index in [1.165, 1.54) is 0 Å². The Labute approximate surface area is 76.9 Å². The van der Waals surface area contributed by atoms with Crippen LogP contribution in [-0.2, 0) is 4.74 Å². The zero-order chi connectivity index (χ0) is 9.90. The molecule has 2 atom stereocenters. The first-order chi connectivity index (χ1) is 6.08. The van der Waals surface area contributed by atoms with Crippen LogP contribution in [0.5, 0.6) is 0 Å². The fraction of sp³-hybridized carbons (Fsp3) is 1.00. The molecule has 0 aromatic rings. The Bertz CT molecular complexity index is 164. The van der Waals surface area contributed by atoms with Crippen LogP contribution in [0, 0.1) is 5.92 Å². The standard InChI is InChI=1S/C9H16F2O2/c1-2-7-5-9(7,12)3-4-13-6-8(10)11/h7-8,12H,2-6H2,1H3. The van der Waals surface area contributed by atoms with Crippen molar-refractivity contribution < 1.29 is 18.6 Å². The number of aliphatic hydroxyl groups is 1. The third kappa shape index (κ3) is 3.19. The third-order valence-corrected chi connectivity index (χ3v) is 2.62. The Hall–Kier alpha value is -0.220. The van der Waals surface area contributed by atoms with Gasteiger partial charge < -0.3 is 9.84 Å². The molecule has 0 heterocycles. The second kappa shape index (κ2) is 4.33. The molecule has 0 saturated heterocycles. The Kier molecular flexibility index (Phi) is 3.62. The molecule has 1 aliphatic carbocycles. The Morgan fingerprint density at radius 1 is 1.62 bits per heavy atom. The minimum absolute atomic E-state index is 0.233. The van der Waals surface area contributed by atoms with Gasteiger partial charge in [-0.3, -0.25) is 0 Å². The lowest BCUT2D eigenvalue weighted by Gasteiger charge is -2.09. The van der Waals surface area contributed by atoms with E-state index in [4.69, 9.17) is 4.74 Å². The fourth-order valence-corrected chi connectivity index (χ4v) is 1.62. The number of hydrogen-bond acceptors (Lipinski definition) is 2. The zero-order valence-electron chi connectivity index (χ0n) is 7.80. The van der Waals surface area contributed by atoms with Gasteiger partial charge in [0, 0.05) is 6.61 Å². The van der Waals surface area contributed by atoms with Gasteiger partial charge in [0.1, 0.15) is 6.61 Å². The van der Waals surface area contributed by atoms with E-state index < -0.39 is 18.6 Å². The van der Waals surface area contributed by atoms with Crippen molar-refractivity contribution in [3.05, 3.63) is 0 Å². The molecule has 13 heavy (non-hydrogen) atoms. The minimum Gasteiger partial charge on any atom is -0.389 e. The molecule has 78 valence electrons. The molecule has 1 aliphatic rings. The van der Waals surface area contributed by atoms with Gasteiger partial charge in [-0.15, -0.1) is 0 Å². The van der Waals surface area contributed by atoms with E-state index in [0.29, 0.717) is 12.3 Å². The van der Waals surface area contributed by atoms with Gasteiger partial charge in [-0.2, -0.15) is 0 Å². The van der Waals surface area contributed by atoms with E-state index in [1.54, 1.807) is 0 Å². The molecular formula is C9H16F2O2. The van der Waals surface area contributed by atoms with Crippen molar-refractivity contribution >= 4 is 0 Å². The summed E-state index contributed by atoms with van der Waals surface area (Å²) < 4.78 is 27.9. The molecule has 2 unspecified atom stereocenters. The highest BCUT2D eigenvalue weighted by atomic mass is 19.3. The number of ether oxygens (including phenoxy) is 1. The molecule has 1 fully saturated rings. The van der Waals surface area contributed by atoms with Gasteiger partial charge in [-0.05, 0) is 18.8 Å². The zero-order valence-corrected chi connectivity index (χ0v) is 7.80. The van der Waals surface area contributed by atoms with Crippen molar-refractivity contribution in [3.63, 3.8) is 0 Å². The maximum Gasteiger partial charge on any atom is 0.261 e. The van der Waals surface area contributed by atoms with Crippen LogP contribution in [0.2, 0.25) is 0 Å². The molecule has 1 N–H and O–H groups in total. The van der Waals surface area contributed by atoms with Crippen LogP contribution >= 0.6 is 0 Å². The van der Waals surface area contributed by atoms with Crippen LogP contribution in [0.15, 0.2) is 0 Å². The summed E-state index contributed by atoms with van der Waals surface area (Å²) in [5.74, 6) is 0.350. The van der Waals surface area contributed by atoms with Gasteiger partial charge in [0.05, 0.1) is 5.60 Å². The number of halogens is 2. The topological polar surface area (TPSA) is 29.5 Å². The molecule has 0 aliphatic heterocycles. The largest absolute Gasteiger partial charge is 0.389 e. The summed E-state index contributed by atoms with van der Waals surface area (Å²) in [5, 5.41) is 9.69. The molecule has 0 bridgehead atoms. The molecule has 0 spiro atoms. The van der Waals surface area contributed by atoms with Crippen molar-refractivity contribution in [2.45, 2.75) is 38.2 Å². The normalized spacial score (nSPS) is 32.5. The Morgan fingerprint density at radius 3 is 2.77 bits per heavy atom. The van der Waals surface area contributed by atoms with Crippen molar-refractivity contribution in [2.24, 2.45) is 5.92 Å². The summed E-state index contributed by atoms with van der Waals surface area (Å²) in [7, 11) is 0. The summed E-state index contributed by atoms with van der Waals surface area (Å²) in [6, 6.07) is 0. The Morgan fingerprint density at radius 2 is 2.31 bits per heavy atom. The number of alkyl halides is 2. The maximum absolute atomic E-state index is 11.6. The third-order valence-electron chi connectivity index (χ3n) is 2.62. The minimum atomic E-state index is -2.41. The SMILES string of the molecule is CCC1CC1(O)CCOCC(F)F. The van der Waals surface area contributed by atoms with Gasteiger partial charge in [0.2, 0.25) is 0 Å². The highest BCUT2D eigenvalue weighted by Gasteiger charge is 2.50. The average Bonchev–Trinajstić information content (AvgIpc) is 2.72. The summed E-state index contributed by atoms with van der Waals surface area (Å²) in [6.45, 7) is 1.73. The van der Waals surface area contributed by atoms with Crippen LogP contribution in [0.25, 0.3) is 0 Å². The molecular weight excluding hydrogens is 178 g/mol. The van der Waals surface area contributed by atoms with E-state index in [1.807, 2.05) is 6.92 Å². The molecule has 1 saturated carbocycles. The van der Waals surface area contributed by atoms with E-state index in [0.717, 1.165) is 12.8 Å². The van der Waals surface area contributed by atoms with Gasteiger partial charge in [-0.1, -0.05) is 13.3 Å². The van der Waals surface area contributed by atoms with Gasteiger partial charge in [0.15, 0.2) is 0 Å². The first kappa shape index (κ1) is 10.9. The lowest BCUT2D eigenvalue weighted by atomic mass is 10.1. The molecule has 4 heteroatoms. The van der Waals surface area contributed by atoms with Crippen molar-refractivity contribution in [2.75, 3.05) is 13.2 Å². The van der Waals surface area contributed by atoms with Crippen molar-refractivity contribution in [3.8, 4) is 0 Å². The first-order valence-electron chi connectivity index (χ1n) is 4.67. The number of rotatable bonds is 6. The lowest BCUT2D eigenvalue weighted by Crippen LogP contribution is -2.16. The fourth-order valence-electron chi connectivity index (χ4n) is 1.62. The van der Waals surface area contributed by atoms with E-state index in [2.05, 4.69) is 0 Å². The van der Waals surface area contributed by atoms with E-state index >= 15 is 0 Å². The van der Waals surface area contributed by atoms with E-state index in [9.17, 15) is 13.9 Å². The van der Waals surface area contributed by atoms with Gasteiger partial charge >= 0.3 is 0 Å². The monoisotopic (exact) mass is 194 g/mol. The molecule has 0 amide bonds. The van der Waals surface area contributed by atoms with E-state index in [-0.39, 0.29) is 6.61 Å². The summed E-state index contributed by atoms with van der Waals surface area (Å²) in [6.07, 6.45) is -0.179. The number of hydrogen-bond donors (Lipinski definition) is 1. The molecule has 0 aromatic carbocycles. The van der Waals surface area contributed by atoms with Crippen LogP contribution in [0.3, 0.4) is 0 Å². The maximum atomic E-state index is 11.6. The average molecular weight is 194 g/mol. The molecule has 1 rings (SSSR count). The summed E-state index contributed by atoms with van der Waals surface area (Å²) >= 11 is 0. The second-order valence-corrected chi connectivity index (χ2v) is 3.63. The van der Waals surface area contributed by atoms with Crippen LogP contribution in [0.1, 0.15) is 26.2 Å². The van der Waals surface area contributed by atoms with Crippen LogP contribution in [-0.4, -0.2) is 30.3 Å². The highest BCUT2D eigenvalue weighted by Crippen LogP contribution is 2.47. The smallest absolute Gasteiger partial charge is 0.261 e. The summed E-state index contributed by atoms with van der Waals surface area (Å²) in [5.41, 5.74) is -0.614. The molecule has 2 nitrogen and oxygen atoms in total. The first-order valence-corrected chi connectivity index (χ1v) is 4.67. The lowest BCUT2D eigenvalue weighted by molar-refractivity contribution is -0.00124. The second-order valence-electron chi connectivity index (χ2n) is 3.63. The van der Waals surface area contributed by atoms with Crippen LogP contribution in [0.4, 0.5) is 8.78 Å². The highest BCUT2D eigenvalue weighted by molar-refractivity contribution is 5.02. The van der Waals surface area contributed by atoms with Gasteiger partial charge in [0.25, 0.3) is 6.43 Å². The Balaban J connectivity index is 2.01. The van der Waals surface area contributed by atoms with Crippen LogP contribution < -0.4 is 0 Å².